The molecule has 2 heterocycles. The third kappa shape index (κ3) is 4.07. The zero-order chi connectivity index (χ0) is 20.3. The molecular formula is C23H21NO4S. The summed E-state index contributed by atoms with van der Waals surface area (Å²) in [6.07, 6.45) is 1.90. The lowest BCUT2D eigenvalue weighted by molar-refractivity contribution is -0.141. The number of ether oxygens (including phenoxy) is 2. The molecular weight excluding hydrogens is 386 g/mol. The smallest absolute Gasteiger partial charge is 0.324 e. The van der Waals surface area contributed by atoms with Crippen molar-refractivity contribution in [1.29, 1.82) is 0 Å². The second kappa shape index (κ2) is 8.17. The van der Waals surface area contributed by atoms with Gasteiger partial charge in [0.1, 0.15) is 24.7 Å². The maximum Gasteiger partial charge on any atom is 0.324 e. The first kappa shape index (κ1) is 19.3. The second-order valence-electron chi connectivity index (χ2n) is 6.98. The van der Waals surface area contributed by atoms with Crippen molar-refractivity contribution >= 4 is 28.6 Å². The molecule has 0 amide bonds. The number of hydrogen-bond donors (Lipinski definition) is 1. The Morgan fingerprint density at radius 2 is 1.90 bits per heavy atom. The molecule has 2 aromatic carbocycles. The number of aliphatic carboxylic acids is 1. The van der Waals surface area contributed by atoms with E-state index in [0.29, 0.717) is 18.1 Å². The van der Waals surface area contributed by atoms with Gasteiger partial charge in [0.05, 0.1) is 11.2 Å². The zero-order valence-corrected chi connectivity index (χ0v) is 16.8. The van der Waals surface area contributed by atoms with Gasteiger partial charge in [-0.05, 0) is 29.7 Å². The van der Waals surface area contributed by atoms with Crippen LogP contribution in [0.5, 0.6) is 11.5 Å². The van der Waals surface area contributed by atoms with Gasteiger partial charge in [0, 0.05) is 17.4 Å². The molecule has 0 saturated carbocycles. The summed E-state index contributed by atoms with van der Waals surface area (Å²) in [6, 6.07) is 19.2. The molecule has 6 heteroatoms. The van der Waals surface area contributed by atoms with Crippen LogP contribution in [0.15, 0.2) is 72.1 Å². The van der Waals surface area contributed by atoms with Gasteiger partial charge in [-0.2, -0.15) is 0 Å². The molecule has 2 unspecified atom stereocenters. The molecule has 1 aliphatic heterocycles. The molecule has 0 radical (unpaired) electrons. The molecule has 3 aromatic rings. The summed E-state index contributed by atoms with van der Waals surface area (Å²) in [5, 5.41) is 12.6. The lowest BCUT2D eigenvalue weighted by Gasteiger charge is -2.27. The number of fused-ring (bicyclic) bond motifs is 1. The highest BCUT2D eigenvalue weighted by atomic mass is 32.2. The van der Waals surface area contributed by atoms with Crippen molar-refractivity contribution in [3.8, 4) is 11.5 Å². The Morgan fingerprint density at radius 3 is 2.66 bits per heavy atom. The minimum Gasteiger partial charge on any atom is -0.491 e. The predicted octanol–water partition coefficient (Wildman–Crippen LogP) is 4.91. The number of carboxylic acid groups (broad SMARTS) is 1. The Bertz CT molecular complexity index is 1070. The van der Waals surface area contributed by atoms with E-state index in [1.54, 1.807) is 12.1 Å². The van der Waals surface area contributed by atoms with E-state index in [-0.39, 0.29) is 12.5 Å². The Kier molecular flexibility index (Phi) is 5.45. The summed E-state index contributed by atoms with van der Waals surface area (Å²) in [7, 11) is 0. The number of hydrogen-bond acceptors (Lipinski definition) is 5. The molecule has 2 atom stereocenters. The van der Waals surface area contributed by atoms with Crippen molar-refractivity contribution in [2.24, 2.45) is 5.92 Å². The van der Waals surface area contributed by atoms with E-state index >= 15 is 0 Å². The maximum absolute atomic E-state index is 11.8. The van der Waals surface area contributed by atoms with Gasteiger partial charge < -0.3 is 14.6 Å². The quantitative estimate of drug-likeness (QED) is 0.600. The van der Waals surface area contributed by atoms with Crippen LogP contribution in [-0.2, 0) is 11.4 Å². The van der Waals surface area contributed by atoms with Crippen molar-refractivity contribution in [1.82, 2.24) is 4.98 Å². The van der Waals surface area contributed by atoms with Crippen LogP contribution in [0.1, 0.15) is 12.6 Å². The highest BCUT2D eigenvalue weighted by molar-refractivity contribution is 8.04. The lowest BCUT2D eigenvalue weighted by Crippen LogP contribution is -2.44. The van der Waals surface area contributed by atoms with Crippen molar-refractivity contribution in [3.63, 3.8) is 0 Å². The molecule has 148 valence electrons. The van der Waals surface area contributed by atoms with Crippen LogP contribution in [0.4, 0.5) is 0 Å². The molecule has 0 aliphatic carbocycles. The Labute approximate surface area is 173 Å². The summed E-state index contributed by atoms with van der Waals surface area (Å²) < 4.78 is 10.7. The molecule has 0 fully saturated rings. The van der Waals surface area contributed by atoms with Gasteiger partial charge in [0.25, 0.3) is 0 Å². The molecule has 1 aliphatic rings. The number of aromatic nitrogens is 1. The van der Waals surface area contributed by atoms with Crippen molar-refractivity contribution in [2.75, 3.05) is 6.61 Å². The number of benzene rings is 2. The van der Waals surface area contributed by atoms with Gasteiger partial charge in [0.15, 0.2) is 4.75 Å². The minimum absolute atomic E-state index is 0.0802. The van der Waals surface area contributed by atoms with E-state index in [1.165, 1.54) is 11.8 Å². The van der Waals surface area contributed by atoms with E-state index in [2.05, 4.69) is 4.98 Å². The third-order valence-corrected chi connectivity index (χ3v) is 6.42. The number of para-hydroxylation sites is 1. The van der Waals surface area contributed by atoms with Gasteiger partial charge in [-0.25, -0.2) is 4.98 Å². The van der Waals surface area contributed by atoms with Gasteiger partial charge in [-0.15, -0.1) is 11.8 Å². The number of carboxylic acids is 1. The van der Waals surface area contributed by atoms with Crippen molar-refractivity contribution < 1.29 is 19.4 Å². The molecule has 5 nitrogen and oxygen atoms in total. The lowest BCUT2D eigenvalue weighted by atomic mass is 9.94. The number of nitrogens with zero attached hydrogens (tertiary/aromatic N) is 1. The van der Waals surface area contributed by atoms with E-state index < -0.39 is 10.7 Å². The van der Waals surface area contributed by atoms with E-state index in [9.17, 15) is 9.90 Å². The first-order chi connectivity index (χ1) is 14.1. The van der Waals surface area contributed by atoms with Crippen LogP contribution in [0, 0.1) is 5.92 Å². The highest BCUT2D eigenvalue weighted by Gasteiger charge is 2.46. The fraction of sp³-hybridized carbons (Fsp3) is 0.217. The molecule has 1 aromatic heterocycles. The second-order valence-corrected chi connectivity index (χ2v) is 8.21. The summed E-state index contributed by atoms with van der Waals surface area (Å²) in [4.78, 5) is 16.4. The Hall–Kier alpha value is -2.99. The number of allylic oxidation sites excluding steroid dienone is 1. The molecule has 0 bridgehead atoms. The Morgan fingerprint density at radius 1 is 1.10 bits per heavy atom. The van der Waals surface area contributed by atoms with Crippen molar-refractivity contribution in [3.05, 3.63) is 77.8 Å². The van der Waals surface area contributed by atoms with Gasteiger partial charge >= 0.3 is 5.97 Å². The van der Waals surface area contributed by atoms with Crippen LogP contribution in [-0.4, -0.2) is 27.4 Å². The van der Waals surface area contributed by atoms with Gasteiger partial charge in [0.2, 0.25) is 0 Å². The standard InChI is InChI=1S/C23H21NO4S/c1-16-11-12-29-23(16,22(25)26)15-28-20-7-4-6-19(13-20)27-14-18-10-9-17-5-2-3-8-21(17)24-18/h2-13,16H,14-15H2,1H3,(H,25,26). The van der Waals surface area contributed by atoms with Crippen LogP contribution < -0.4 is 9.47 Å². The Balaban J connectivity index is 1.41. The fourth-order valence-corrected chi connectivity index (χ4v) is 4.28. The molecule has 0 spiro atoms. The van der Waals surface area contributed by atoms with Crippen LogP contribution in [0.25, 0.3) is 10.9 Å². The third-order valence-electron chi connectivity index (χ3n) is 5.04. The van der Waals surface area contributed by atoms with Crippen LogP contribution >= 0.6 is 11.8 Å². The van der Waals surface area contributed by atoms with Crippen LogP contribution in [0.3, 0.4) is 0 Å². The summed E-state index contributed by atoms with van der Waals surface area (Å²) in [6.45, 7) is 2.31. The SMILES string of the molecule is CC1C=CSC1(COc1cccc(OCc2ccc3ccccc3n2)c1)C(=O)O. The van der Waals surface area contributed by atoms with E-state index in [1.807, 2.05) is 66.9 Å². The maximum atomic E-state index is 11.8. The predicted molar refractivity (Wildman–Crippen MR) is 114 cm³/mol. The normalized spacial score (nSPS) is 20.7. The van der Waals surface area contributed by atoms with Crippen molar-refractivity contribution in [2.45, 2.75) is 18.3 Å². The van der Waals surface area contributed by atoms with E-state index in [4.69, 9.17) is 9.47 Å². The molecule has 29 heavy (non-hydrogen) atoms. The monoisotopic (exact) mass is 407 g/mol. The number of thioether (sulfide) groups is 1. The van der Waals surface area contributed by atoms with E-state index in [0.717, 1.165) is 16.6 Å². The molecule has 1 N–H and O–H groups in total. The first-order valence-electron chi connectivity index (χ1n) is 9.35. The summed E-state index contributed by atoms with van der Waals surface area (Å²) >= 11 is 1.29. The largest absolute Gasteiger partial charge is 0.491 e. The summed E-state index contributed by atoms with van der Waals surface area (Å²) in [5.74, 6) is 0.250. The molecule has 4 rings (SSSR count). The fourth-order valence-electron chi connectivity index (χ4n) is 3.20. The average Bonchev–Trinajstić information content (AvgIpc) is 3.12. The molecule has 0 saturated heterocycles. The topological polar surface area (TPSA) is 68.7 Å². The number of pyridine rings is 1. The average molecular weight is 407 g/mol. The number of rotatable bonds is 7. The van der Waals surface area contributed by atoms with Crippen LogP contribution in [0.2, 0.25) is 0 Å². The number of carbonyl (C=O) groups is 1. The minimum atomic E-state index is -0.994. The summed E-state index contributed by atoms with van der Waals surface area (Å²) in [5.41, 5.74) is 1.77. The first-order valence-corrected chi connectivity index (χ1v) is 10.2. The highest BCUT2D eigenvalue weighted by Crippen LogP contribution is 2.41. The zero-order valence-electron chi connectivity index (χ0n) is 15.9. The van der Waals surface area contributed by atoms with Gasteiger partial charge in [-0.1, -0.05) is 43.3 Å². The van der Waals surface area contributed by atoms with Gasteiger partial charge in [-0.3, -0.25) is 4.79 Å².